The van der Waals surface area contributed by atoms with Crippen molar-refractivity contribution in [2.75, 3.05) is 18.0 Å². The van der Waals surface area contributed by atoms with Crippen LogP contribution in [0.15, 0.2) is 42.6 Å². The summed E-state index contributed by atoms with van der Waals surface area (Å²) in [7, 11) is 0. The molecule has 1 unspecified atom stereocenters. The Hall–Kier alpha value is -2.14. The maximum atomic E-state index is 12.1. The SMILES string of the molecule is O=C(CC1CCCN(c2ccnc(Cl)n2)C1)OCc1ccccc1. The van der Waals surface area contributed by atoms with Gasteiger partial charge >= 0.3 is 5.97 Å². The average Bonchev–Trinajstić information content (AvgIpc) is 2.61. The first kappa shape index (κ1) is 16.7. The first-order valence-corrected chi connectivity index (χ1v) is 8.51. The fourth-order valence-electron chi connectivity index (χ4n) is 2.97. The van der Waals surface area contributed by atoms with Gasteiger partial charge in [-0.1, -0.05) is 30.3 Å². The van der Waals surface area contributed by atoms with Crippen molar-refractivity contribution in [2.24, 2.45) is 5.92 Å². The molecule has 1 saturated heterocycles. The standard InChI is InChI=1S/C18H20ClN3O2/c19-18-20-9-8-16(21-18)22-10-4-7-15(12-22)11-17(23)24-13-14-5-2-1-3-6-14/h1-3,5-6,8-9,15H,4,7,10-13H2. The van der Waals surface area contributed by atoms with E-state index in [1.165, 1.54) is 0 Å². The lowest BCUT2D eigenvalue weighted by Crippen LogP contribution is -2.37. The van der Waals surface area contributed by atoms with E-state index < -0.39 is 0 Å². The molecular formula is C18H20ClN3O2. The Bertz CT molecular complexity index is 681. The minimum Gasteiger partial charge on any atom is -0.461 e. The fraction of sp³-hybridized carbons (Fsp3) is 0.389. The third kappa shape index (κ3) is 4.68. The molecular weight excluding hydrogens is 326 g/mol. The molecule has 0 bridgehead atoms. The number of hydrogen-bond donors (Lipinski definition) is 0. The number of aromatic nitrogens is 2. The number of nitrogens with zero attached hydrogens (tertiary/aromatic N) is 3. The van der Waals surface area contributed by atoms with E-state index in [4.69, 9.17) is 16.3 Å². The van der Waals surface area contributed by atoms with Crippen molar-refractivity contribution in [2.45, 2.75) is 25.9 Å². The van der Waals surface area contributed by atoms with E-state index >= 15 is 0 Å². The second-order valence-electron chi connectivity index (χ2n) is 5.99. The number of carbonyl (C=O) groups excluding carboxylic acids is 1. The van der Waals surface area contributed by atoms with E-state index in [-0.39, 0.29) is 17.2 Å². The molecule has 2 aromatic rings. The Kier molecular flexibility index (Phi) is 5.64. The van der Waals surface area contributed by atoms with E-state index in [1.807, 2.05) is 36.4 Å². The third-order valence-electron chi connectivity index (χ3n) is 4.15. The van der Waals surface area contributed by atoms with Gasteiger partial charge < -0.3 is 9.64 Å². The highest BCUT2D eigenvalue weighted by Gasteiger charge is 2.24. The van der Waals surface area contributed by atoms with Crippen molar-refractivity contribution < 1.29 is 9.53 Å². The van der Waals surface area contributed by atoms with Gasteiger partial charge in [0, 0.05) is 19.3 Å². The molecule has 0 N–H and O–H groups in total. The third-order valence-corrected chi connectivity index (χ3v) is 4.33. The lowest BCUT2D eigenvalue weighted by Gasteiger charge is -2.33. The molecule has 1 aromatic heterocycles. The van der Waals surface area contributed by atoms with Gasteiger partial charge in [-0.2, -0.15) is 0 Å². The zero-order chi connectivity index (χ0) is 16.8. The fourth-order valence-corrected chi connectivity index (χ4v) is 3.12. The molecule has 0 radical (unpaired) electrons. The van der Waals surface area contributed by atoms with Gasteiger partial charge in [0.15, 0.2) is 0 Å². The number of piperidine rings is 1. The number of esters is 1. The first-order chi connectivity index (χ1) is 11.7. The van der Waals surface area contributed by atoms with Crippen LogP contribution < -0.4 is 4.90 Å². The van der Waals surface area contributed by atoms with Gasteiger partial charge in [-0.3, -0.25) is 4.79 Å². The van der Waals surface area contributed by atoms with Gasteiger partial charge in [0.05, 0.1) is 6.42 Å². The smallest absolute Gasteiger partial charge is 0.306 e. The molecule has 3 rings (SSSR count). The van der Waals surface area contributed by atoms with Crippen LogP contribution in [-0.2, 0) is 16.1 Å². The second-order valence-corrected chi connectivity index (χ2v) is 6.33. The maximum Gasteiger partial charge on any atom is 0.306 e. The van der Waals surface area contributed by atoms with Gasteiger partial charge in [-0.25, -0.2) is 9.97 Å². The zero-order valence-corrected chi connectivity index (χ0v) is 14.2. The Morgan fingerprint density at radius 1 is 1.29 bits per heavy atom. The van der Waals surface area contributed by atoms with Crippen LogP contribution in [0.25, 0.3) is 0 Å². The summed E-state index contributed by atoms with van der Waals surface area (Å²) in [5.74, 6) is 0.944. The van der Waals surface area contributed by atoms with Crippen LogP contribution in [0, 0.1) is 5.92 Å². The number of rotatable bonds is 5. The van der Waals surface area contributed by atoms with Crippen LogP contribution in [0.2, 0.25) is 5.28 Å². The topological polar surface area (TPSA) is 55.3 Å². The molecule has 5 nitrogen and oxygen atoms in total. The monoisotopic (exact) mass is 345 g/mol. The van der Waals surface area contributed by atoms with E-state index in [1.54, 1.807) is 6.20 Å². The predicted octanol–water partition coefficient (Wildman–Crippen LogP) is 3.48. The van der Waals surface area contributed by atoms with E-state index in [0.29, 0.717) is 13.0 Å². The molecule has 126 valence electrons. The van der Waals surface area contributed by atoms with Crippen molar-refractivity contribution in [1.29, 1.82) is 0 Å². The van der Waals surface area contributed by atoms with Crippen LogP contribution in [0.5, 0.6) is 0 Å². The summed E-state index contributed by atoms with van der Waals surface area (Å²) < 4.78 is 5.39. The summed E-state index contributed by atoms with van der Waals surface area (Å²) in [5, 5.41) is 0.247. The first-order valence-electron chi connectivity index (χ1n) is 8.14. The molecule has 1 aromatic carbocycles. The lowest BCUT2D eigenvalue weighted by molar-refractivity contribution is -0.146. The quantitative estimate of drug-likeness (QED) is 0.613. The van der Waals surface area contributed by atoms with Gasteiger partial charge in [0.2, 0.25) is 5.28 Å². The lowest BCUT2D eigenvalue weighted by atomic mass is 9.95. The molecule has 1 aliphatic heterocycles. The summed E-state index contributed by atoms with van der Waals surface area (Å²) in [6, 6.07) is 11.6. The molecule has 0 spiro atoms. The van der Waals surface area contributed by atoms with Gasteiger partial charge in [-0.05, 0) is 42.0 Å². The minimum absolute atomic E-state index is 0.147. The minimum atomic E-state index is -0.147. The second kappa shape index (κ2) is 8.11. The summed E-state index contributed by atoms with van der Waals surface area (Å²) >= 11 is 5.86. The highest BCUT2D eigenvalue weighted by molar-refractivity contribution is 6.28. The molecule has 24 heavy (non-hydrogen) atoms. The summed E-state index contributed by atoms with van der Waals surface area (Å²) in [5.41, 5.74) is 1.01. The number of halogens is 1. The van der Waals surface area contributed by atoms with Crippen LogP contribution in [-0.4, -0.2) is 29.0 Å². The van der Waals surface area contributed by atoms with Crippen LogP contribution >= 0.6 is 11.6 Å². The number of carbonyl (C=O) groups is 1. The highest BCUT2D eigenvalue weighted by atomic mass is 35.5. The summed E-state index contributed by atoms with van der Waals surface area (Å²) in [6.07, 6.45) is 4.14. The Balaban J connectivity index is 1.50. The van der Waals surface area contributed by atoms with Crippen molar-refractivity contribution in [3.8, 4) is 0 Å². The van der Waals surface area contributed by atoms with Crippen LogP contribution in [0.3, 0.4) is 0 Å². The molecule has 0 amide bonds. The highest BCUT2D eigenvalue weighted by Crippen LogP contribution is 2.24. The van der Waals surface area contributed by atoms with Crippen molar-refractivity contribution in [1.82, 2.24) is 9.97 Å². The predicted molar refractivity (Wildman–Crippen MR) is 92.8 cm³/mol. The Morgan fingerprint density at radius 2 is 2.12 bits per heavy atom. The summed E-state index contributed by atoms with van der Waals surface area (Å²) in [6.45, 7) is 2.04. The molecule has 6 heteroatoms. The van der Waals surface area contributed by atoms with E-state index in [2.05, 4.69) is 14.9 Å². The number of anilines is 1. The molecule has 0 aliphatic carbocycles. The molecule has 2 heterocycles. The summed E-state index contributed by atoms with van der Waals surface area (Å²) in [4.78, 5) is 22.4. The van der Waals surface area contributed by atoms with Crippen LogP contribution in [0.4, 0.5) is 5.82 Å². The normalized spacial score (nSPS) is 17.5. The largest absolute Gasteiger partial charge is 0.461 e. The molecule has 0 saturated carbocycles. The average molecular weight is 346 g/mol. The number of ether oxygens (including phenoxy) is 1. The zero-order valence-electron chi connectivity index (χ0n) is 13.4. The van der Waals surface area contributed by atoms with Crippen molar-refractivity contribution >= 4 is 23.4 Å². The maximum absolute atomic E-state index is 12.1. The van der Waals surface area contributed by atoms with Crippen LogP contribution in [0.1, 0.15) is 24.8 Å². The Labute approximate surface area is 146 Å². The number of benzene rings is 1. The molecule has 1 aliphatic rings. The van der Waals surface area contributed by atoms with Gasteiger partial charge in [0.25, 0.3) is 0 Å². The Morgan fingerprint density at radius 3 is 2.92 bits per heavy atom. The van der Waals surface area contributed by atoms with E-state index in [0.717, 1.165) is 37.3 Å². The molecule has 1 fully saturated rings. The van der Waals surface area contributed by atoms with Crippen molar-refractivity contribution in [3.63, 3.8) is 0 Å². The van der Waals surface area contributed by atoms with E-state index in [9.17, 15) is 4.79 Å². The number of hydrogen-bond acceptors (Lipinski definition) is 5. The van der Waals surface area contributed by atoms with Gasteiger partial charge in [0.1, 0.15) is 12.4 Å². The van der Waals surface area contributed by atoms with Gasteiger partial charge in [-0.15, -0.1) is 0 Å². The van der Waals surface area contributed by atoms with Crippen molar-refractivity contribution in [3.05, 3.63) is 53.4 Å². The molecule has 1 atom stereocenters.